The van der Waals surface area contributed by atoms with Gasteiger partial charge in [0.25, 0.3) is 0 Å². The molecule has 0 aliphatic rings. The first kappa shape index (κ1) is 16.8. The van der Waals surface area contributed by atoms with Crippen LogP contribution in [0.3, 0.4) is 0 Å². The summed E-state index contributed by atoms with van der Waals surface area (Å²) in [6.45, 7) is 2.05. The van der Waals surface area contributed by atoms with Gasteiger partial charge in [-0.3, -0.25) is 9.89 Å². The molecule has 0 radical (unpaired) electrons. The number of benzene rings is 3. The van der Waals surface area contributed by atoms with E-state index in [-0.39, 0.29) is 5.91 Å². The average Bonchev–Trinajstić information content (AvgIpc) is 3.03. The van der Waals surface area contributed by atoms with Gasteiger partial charge in [-0.15, -0.1) is 0 Å². The molecule has 134 valence electrons. The van der Waals surface area contributed by atoms with Crippen molar-refractivity contribution < 1.29 is 4.79 Å². The number of carbonyl (C=O) groups excluding carboxylic acids is 1. The Morgan fingerprint density at radius 3 is 2.67 bits per heavy atom. The smallest absolute Gasteiger partial charge is 0.230 e. The van der Waals surface area contributed by atoms with Gasteiger partial charge in [0.15, 0.2) is 5.82 Å². The number of fused-ring (bicyclic) bond motifs is 1. The highest BCUT2D eigenvalue weighted by Gasteiger charge is 2.13. The third-order valence-corrected chi connectivity index (χ3v) is 4.57. The van der Waals surface area contributed by atoms with Crippen molar-refractivity contribution in [2.45, 2.75) is 13.3 Å². The number of H-pyrrole nitrogens is 1. The summed E-state index contributed by atoms with van der Waals surface area (Å²) >= 11 is 0. The van der Waals surface area contributed by atoms with Gasteiger partial charge in [-0.1, -0.05) is 42.5 Å². The molecule has 3 aromatic carbocycles. The zero-order chi connectivity index (χ0) is 18.8. The topological polar surface area (TPSA) is 83.8 Å². The lowest BCUT2D eigenvalue weighted by Crippen LogP contribution is -2.14. The van der Waals surface area contributed by atoms with Gasteiger partial charge in [-0.25, -0.2) is 0 Å². The number of nitrogens with zero attached hydrogens (tertiary/aromatic N) is 1. The van der Waals surface area contributed by atoms with E-state index in [1.807, 2.05) is 73.7 Å². The van der Waals surface area contributed by atoms with Crippen molar-refractivity contribution in [1.29, 1.82) is 0 Å². The number of nitrogens with one attached hydrogen (secondary N) is 2. The number of hydrogen-bond acceptors (Lipinski definition) is 3. The maximum absolute atomic E-state index is 12.4. The molecule has 5 nitrogen and oxygen atoms in total. The molecule has 0 unspecified atom stereocenters. The molecule has 1 heterocycles. The molecule has 0 bridgehead atoms. The average molecular weight is 356 g/mol. The summed E-state index contributed by atoms with van der Waals surface area (Å²) in [5.74, 6) is 0.441. The van der Waals surface area contributed by atoms with E-state index >= 15 is 0 Å². The highest BCUT2D eigenvalue weighted by molar-refractivity contribution is 6.02. The van der Waals surface area contributed by atoms with E-state index in [1.165, 1.54) is 0 Å². The minimum Gasteiger partial charge on any atom is -0.399 e. The first-order valence-corrected chi connectivity index (χ1v) is 8.78. The Balaban J connectivity index is 1.66. The molecule has 4 rings (SSSR count). The van der Waals surface area contributed by atoms with Gasteiger partial charge in [0.05, 0.1) is 11.9 Å². The van der Waals surface area contributed by atoms with Crippen molar-refractivity contribution in [3.05, 3.63) is 77.9 Å². The summed E-state index contributed by atoms with van der Waals surface area (Å²) in [5.41, 5.74) is 11.7. The van der Waals surface area contributed by atoms with Gasteiger partial charge < -0.3 is 11.1 Å². The number of nitrogens with two attached hydrogens (primary N) is 1. The van der Waals surface area contributed by atoms with Crippen LogP contribution in [0.5, 0.6) is 0 Å². The van der Waals surface area contributed by atoms with Crippen molar-refractivity contribution in [3.63, 3.8) is 0 Å². The van der Waals surface area contributed by atoms with Crippen LogP contribution in [0.25, 0.3) is 22.0 Å². The predicted octanol–water partition coefficient (Wildman–Crippen LogP) is 4.30. The van der Waals surface area contributed by atoms with Crippen molar-refractivity contribution in [2.24, 2.45) is 0 Å². The molecular formula is C22H20N4O. The van der Waals surface area contributed by atoms with Crippen molar-refractivity contribution in [3.8, 4) is 11.1 Å². The van der Waals surface area contributed by atoms with Crippen LogP contribution in [-0.2, 0) is 11.2 Å². The second-order valence-electron chi connectivity index (χ2n) is 6.62. The van der Waals surface area contributed by atoms with E-state index in [0.717, 1.165) is 38.8 Å². The lowest BCUT2D eigenvalue weighted by molar-refractivity contribution is -0.115. The van der Waals surface area contributed by atoms with Gasteiger partial charge in [0, 0.05) is 11.1 Å². The number of aromatic nitrogens is 2. The first-order chi connectivity index (χ1) is 13.1. The molecular weight excluding hydrogens is 336 g/mol. The Bertz CT molecular complexity index is 1120. The van der Waals surface area contributed by atoms with Crippen molar-refractivity contribution >= 4 is 28.3 Å². The minimum absolute atomic E-state index is 0.0966. The van der Waals surface area contributed by atoms with Gasteiger partial charge >= 0.3 is 0 Å². The first-order valence-electron chi connectivity index (χ1n) is 8.78. The number of amides is 1. The zero-order valence-corrected chi connectivity index (χ0v) is 15.0. The highest BCUT2D eigenvalue weighted by Crippen LogP contribution is 2.31. The van der Waals surface area contributed by atoms with E-state index in [0.29, 0.717) is 12.2 Å². The molecule has 1 amide bonds. The summed E-state index contributed by atoms with van der Waals surface area (Å²) < 4.78 is 0. The van der Waals surface area contributed by atoms with Crippen LogP contribution in [0, 0.1) is 6.92 Å². The number of anilines is 2. The second-order valence-corrected chi connectivity index (χ2v) is 6.62. The fourth-order valence-electron chi connectivity index (χ4n) is 3.24. The largest absolute Gasteiger partial charge is 0.399 e. The van der Waals surface area contributed by atoms with E-state index in [4.69, 9.17) is 5.73 Å². The molecule has 4 aromatic rings. The molecule has 0 saturated carbocycles. The lowest BCUT2D eigenvalue weighted by atomic mass is 9.98. The van der Waals surface area contributed by atoms with E-state index in [9.17, 15) is 4.79 Å². The Hall–Kier alpha value is -3.60. The van der Waals surface area contributed by atoms with Gasteiger partial charge in [-0.05, 0) is 53.4 Å². The quantitative estimate of drug-likeness (QED) is 0.477. The van der Waals surface area contributed by atoms with Crippen LogP contribution in [0.4, 0.5) is 11.5 Å². The third-order valence-electron chi connectivity index (χ3n) is 4.57. The number of hydrogen-bond donors (Lipinski definition) is 3. The molecule has 4 N–H and O–H groups in total. The monoisotopic (exact) mass is 356 g/mol. The Kier molecular flexibility index (Phi) is 4.34. The Morgan fingerprint density at radius 2 is 1.89 bits per heavy atom. The van der Waals surface area contributed by atoms with Crippen LogP contribution in [-0.4, -0.2) is 16.1 Å². The van der Waals surface area contributed by atoms with E-state index in [1.54, 1.807) is 0 Å². The third kappa shape index (κ3) is 3.53. The fraction of sp³-hybridized carbons (Fsp3) is 0.0909. The molecule has 0 fully saturated rings. The van der Waals surface area contributed by atoms with Crippen LogP contribution in [0.2, 0.25) is 0 Å². The lowest BCUT2D eigenvalue weighted by Gasteiger charge is -2.08. The molecule has 27 heavy (non-hydrogen) atoms. The number of rotatable bonds is 4. The molecule has 0 aliphatic carbocycles. The molecule has 0 saturated heterocycles. The van der Waals surface area contributed by atoms with Crippen molar-refractivity contribution in [1.82, 2.24) is 10.2 Å². The minimum atomic E-state index is -0.0966. The standard InChI is InChI=1S/C22H20N4O/c1-14-10-20-19(13-18(14)16-8-5-9-17(23)12-16)22(26-25-20)24-21(27)11-15-6-3-2-4-7-15/h2-10,12-13H,11,23H2,1H3,(H2,24,25,26,27). The predicted molar refractivity (Wildman–Crippen MR) is 109 cm³/mol. The summed E-state index contributed by atoms with van der Waals surface area (Å²) in [4.78, 5) is 12.4. The molecule has 0 atom stereocenters. The van der Waals surface area contributed by atoms with Gasteiger partial charge in [0.1, 0.15) is 0 Å². The van der Waals surface area contributed by atoms with Crippen LogP contribution >= 0.6 is 0 Å². The summed E-state index contributed by atoms with van der Waals surface area (Å²) in [6.07, 6.45) is 0.309. The van der Waals surface area contributed by atoms with Crippen LogP contribution < -0.4 is 11.1 Å². The normalized spacial score (nSPS) is 10.9. The summed E-state index contributed by atoms with van der Waals surface area (Å²) in [7, 11) is 0. The number of carbonyl (C=O) groups is 1. The highest BCUT2D eigenvalue weighted by atomic mass is 16.1. The second kappa shape index (κ2) is 6.96. The number of nitrogen functional groups attached to an aromatic ring is 1. The molecule has 5 heteroatoms. The van der Waals surface area contributed by atoms with Crippen molar-refractivity contribution in [2.75, 3.05) is 11.1 Å². The Labute approximate surface area is 157 Å². The maximum Gasteiger partial charge on any atom is 0.230 e. The van der Waals surface area contributed by atoms with Crippen LogP contribution in [0.1, 0.15) is 11.1 Å². The zero-order valence-electron chi connectivity index (χ0n) is 15.0. The fourth-order valence-corrected chi connectivity index (χ4v) is 3.24. The number of aryl methyl sites for hydroxylation is 1. The van der Waals surface area contributed by atoms with Gasteiger partial charge in [-0.2, -0.15) is 5.10 Å². The van der Waals surface area contributed by atoms with Crippen LogP contribution in [0.15, 0.2) is 66.7 Å². The maximum atomic E-state index is 12.4. The summed E-state index contributed by atoms with van der Waals surface area (Å²) in [6, 6.07) is 21.5. The van der Waals surface area contributed by atoms with E-state index < -0.39 is 0 Å². The molecule has 0 spiro atoms. The van der Waals surface area contributed by atoms with E-state index in [2.05, 4.69) is 15.5 Å². The molecule has 1 aromatic heterocycles. The number of aromatic amines is 1. The SMILES string of the molecule is Cc1cc2[nH]nc(NC(=O)Cc3ccccc3)c2cc1-c1cccc(N)c1. The van der Waals surface area contributed by atoms with Gasteiger partial charge in [0.2, 0.25) is 5.91 Å². The summed E-state index contributed by atoms with van der Waals surface area (Å²) in [5, 5.41) is 11.1. The Morgan fingerprint density at radius 1 is 1.07 bits per heavy atom. The molecule has 0 aliphatic heterocycles.